The van der Waals surface area contributed by atoms with Crippen molar-refractivity contribution in [1.29, 1.82) is 0 Å². The third kappa shape index (κ3) is 3.46. The fourth-order valence-electron chi connectivity index (χ4n) is 5.43. The first-order valence-electron chi connectivity index (χ1n) is 9.40. The molecule has 0 aromatic rings. The molecule has 3 nitrogen and oxygen atoms in total. The van der Waals surface area contributed by atoms with E-state index in [0.717, 1.165) is 30.5 Å². The Kier molecular flexibility index (Phi) is 5.23. The van der Waals surface area contributed by atoms with Crippen molar-refractivity contribution >= 4 is 0 Å². The zero-order valence-corrected chi connectivity index (χ0v) is 14.4. The van der Waals surface area contributed by atoms with E-state index in [1.54, 1.807) is 0 Å². The van der Waals surface area contributed by atoms with Gasteiger partial charge in [-0.25, -0.2) is 0 Å². The summed E-state index contributed by atoms with van der Waals surface area (Å²) in [4.78, 5) is 5.64. The number of likely N-dealkylation sites (N-methyl/N-ethyl adjacent to an activating group) is 1. The van der Waals surface area contributed by atoms with Crippen molar-refractivity contribution in [3.8, 4) is 0 Å². The Morgan fingerprint density at radius 1 is 1.00 bits per heavy atom. The van der Waals surface area contributed by atoms with Crippen LogP contribution in [0.4, 0.5) is 0 Å². The molecule has 3 heteroatoms. The van der Waals surface area contributed by atoms with Crippen LogP contribution in [0.1, 0.15) is 52.9 Å². The number of hydrogen-bond acceptors (Lipinski definition) is 3. The molecule has 5 atom stereocenters. The van der Waals surface area contributed by atoms with Crippen LogP contribution in [0.2, 0.25) is 0 Å². The van der Waals surface area contributed by atoms with E-state index in [9.17, 15) is 0 Å². The molecule has 0 aromatic heterocycles. The smallest absolute Gasteiger partial charge is 0.0275 e. The van der Waals surface area contributed by atoms with Crippen molar-refractivity contribution < 1.29 is 0 Å². The summed E-state index contributed by atoms with van der Waals surface area (Å²) in [7, 11) is 0. The molecule has 2 aliphatic heterocycles. The highest BCUT2D eigenvalue weighted by Crippen LogP contribution is 2.34. The minimum Gasteiger partial charge on any atom is -0.313 e. The van der Waals surface area contributed by atoms with Gasteiger partial charge in [0.05, 0.1) is 0 Å². The van der Waals surface area contributed by atoms with E-state index in [0.29, 0.717) is 6.04 Å². The summed E-state index contributed by atoms with van der Waals surface area (Å²) in [5.41, 5.74) is 0. The molecule has 0 aromatic carbocycles. The Morgan fingerprint density at radius 3 is 2.57 bits per heavy atom. The lowest BCUT2D eigenvalue weighted by Crippen LogP contribution is -2.58. The van der Waals surface area contributed by atoms with Gasteiger partial charge in [-0.3, -0.25) is 9.80 Å². The molecular formula is C18H35N3. The van der Waals surface area contributed by atoms with E-state index in [1.165, 1.54) is 58.3 Å². The second-order valence-corrected chi connectivity index (χ2v) is 7.89. The maximum absolute atomic E-state index is 3.82. The Bertz CT molecular complexity index is 332. The van der Waals surface area contributed by atoms with E-state index in [-0.39, 0.29) is 0 Å². The second kappa shape index (κ2) is 6.97. The van der Waals surface area contributed by atoms with E-state index in [2.05, 4.69) is 35.9 Å². The van der Waals surface area contributed by atoms with Gasteiger partial charge in [0.15, 0.2) is 0 Å². The highest BCUT2D eigenvalue weighted by Gasteiger charge is 2.39. The molecule has 5 unspecified atom stereocenters. The zero-order valence-electron chi connectivity index (χ0n) is 14.4. The topological polar surface area (TPSA) is 18.5 Å². The normalized spacial score (nSPS) is 42.7. The van der Waals surface area contributed by atoms with Crippen LogP contribution in [0.3, 0.4) is 0 Å². The van der Waals surface area contributed by atoms with Gasteiger partial charge in [-0.1, -0.05) is 20.8 Å². The van der Waals surface area contributed by atoms with Crippen molar-refractivity contribution in [1.82, 2.24) is 15.1 Å². The average molecular weight is 293 g/mol. The minimum atomic E-state index is 0.710. The van der Waals surface area contributed by atoms with Gasteiger partial charge in [0.2, 0.25) is 0 Å². The number of nitrogens with one attached hydrogen (secondary N) is 1. The van der Waals surface area contributed by atoms with Crippen LogP contribution in [0.25, 0.3) is 0 Å². The van der Waals surface area contributed by atoms with Gasteiger partial charge in [0, 0.05) is 24.7 Å². The first kappa shape index (κ1) is 15.8. The van der Waals surface area contributed by atoms with Crippen molar-refractivity contribution in [3.05, 3.63) is 0 Å². The molecule has 0 amide bonds. The molecule has 21 heavy (non-hydrogen) atoms. The molecule has 0 spiro atoms. The molecule has 3 aliphatic rings. The molecule has 1 aliphatic carbocycles. The van der Waals surface area contributed by atoms with Gasteiger partial charge in [0.25, 0.3) is 0 Å². The van der Waals surface area contributed by atoms with Gasteiger partial charge in [-0.05, 0) is 70.1 Å². The number of rotatable bonds is 3. The Morgan fingerprint density at radius 2 is 1.76 bits per heavy atom. The minimum absolute atomic E-state index is 0.710. The van der Waals surface area contributed by atoms with Crippen molar-refractivity contribution in [3.63, 3.8) is 0 Å². The van der Waals surface area contributed by atoms with Crippen LogP contribution < -0.4 is 5.32 Å². The third-order valence-electron chi connectivity index (χ3n) is 6.15. The standard InChI is InChI=1S/C18H35N3/c1-4-19-17-12-14(2)11-15(3)18(17)21-10-6-9-20-8-5-7-16(20)13-21/h14-19H,4-13H2,1-3H3. The van der Waals surface area contributed by atoms with E-state index >= 15 is 0 Å². The molecule has 0 radical (unpaired) electrons. The first-order valence-corrected chi connectivity index (χ1v) is 9.40. The second-order valence-electron chi connectivity index (χ2n) is 7.89. The van der Waals surface area contributed by atoms with Gasteiger partial charge in [0.1, 0.15) is 0 Å². The van der Waals surface area contributed by atoms with E-state index in [1.807, 2.05) is 0 Å². The maximum atomic E-state index is 3.82. The van der Waals surface area contributed by atoms with E-state index in [4.69, 9.17) is 0 Å². The first-order chi connectivity index (χ1) is 10.2. The molecule has 3 rings (SSSR count). The van der Waals surface area contributed by atoms with Gasteiger partial charge in [-0.2, -0.15) is 0 Å². The number of nitrogens with zero attached hydrogens (tertiary/aromatic N) is 2. The van der Waals surface area contributed by atoms with Crippen LogP contribution in [-0.2, 0) is 0 Å². The van der Waals surface area contributed by atoms with Crippen LogP contribution in [0, 0.1) is 11.8 Å². The van der Waals surface area contributed by atoms with Crippen LogP contribution in [-0.4, -0.2) is 60.6 Å². The SMILES string of the molecule is CCNC1CC(C)CC(C)C1N1CCCN2CCCC2C1. The maximum Gasteiger partial charge on any atom is 0.0275 e. The summed E-state index contributed by atoms with van der Waals surface area (Å²) in [5.74, 6) is 1.72. The molecule has 122 valence electrons. The van der Waals surface area contributed by atoms with Crippen LogP contribution in [0.5, 0.6) is 0 Å². The largest absolute Gasteiger partial charge is 0.313 e. The predicted molar refractivity (Wildman–Crippen MR) is 89.6 cm³/mol. The van der Waals surface area contributed by atoms with Gasteiger partial charge in [-0.15, -0.1) is 0 Å². The van der Waals surface area contributed by atoms with Gasteiger partial charge >= 0.3 is 0 Å². The Hall–Kier alpha value is -0.120. The molecule has 1 N–H and O–H groups in total. The quantitative estimate of drug-likeness (QED) is 0.863. The summed E-state index contributed by atoms with van der Waals surface area (Å²) in [6.45, 7) is 13.7. The highest BCUT2D eigenvalue weighted by molar-refractivity contribution is 4.97. The lowest BCUT2D eigenvalue weighted by molar-refractivity contribution is 0.0568. The number of fused-ring (bicyclic) bond motifs is 1. The molecule has 2 heterocycles. The summed E-state index contributed by atoms with van der Waals surface area (Å²) in [6, 6.07) is 2.32. The summed E-state index contributed by atoms with van der Waals surface area (Å²) >= 11 is 0. The summed E-state index contributed by atoms with van der Waals surface area (Å²) < 4.78 is 0. The zero-order chi connectivity index (χ0) is 14.8. The number of hydrogen-bond donors (Lipinski definition) is 1. The Labute approximate surface area is 131 Å². The van der Waals surface area contributed by atoms with Crippen LogP contribution in [0.15, 0.2) is 0 Å². The molecule has 1 saturated carbocycles. The average Bonchev–Trinajstić information content (AvgIpc) is 2.77. The molecule has 2 saturated heterocycles. The molecule has 0 bridgehead atoms. The lowest BCUT2D eigenvalue weighted by atomic mass is 9.75. The third-order valence-corrected chi connectivity index (χ3v) is 6.15. The lowest BCUT2D eigenvalue weighted by Gasteiger charge is -2.46. The fraction of sp³-hybridized carbons (Fsp3) is 1.00. The summed E-state index contributed by atoms with van der Waals surface area (Å²) in [6.07, 6.45) is 7.01. The van der Waals surface area contributed by atoms with Crippen molar-refractivity contribution in [2.75, 3.05) is 32.7 Å². The molecule has 3 fully saturated rings. The van der Waals surface area contributed by atoms with Crippen molar-refractivity contribution in [2.24, 2.45) is 11.8 Å². The summed E-state index contributed by atoms with van der Waals surface area (Å²) in [5, 5.41) is 3.82. The van der Waals surface area contributed by atoms with Crippen LogP contribution >= 0.6 is 0 Å². The fourth-order valence-corrected chi connectivity index (χ4v) is 5.43. The van der Waals surface area contributed by atoms with Gasteiger partial charge < -0.3 is 5.32 Å². The highest BCUT2D eigenvalue weighted by atomic mass is 15.3. The predicted octanol–water partition coefficient (Wildman–Crippen LogP) is 2.57. The van der Waals surface area contributed by atoms with E-state index < -0.39 is 0 Å². The van der Waals surface area contributed by atoms with Crippen molar-refractivity contribution in [2.45, 2.75) is 71.0 Å². The monoisotopic (exact) mass is 293 g/mol. The molecular weight excluding hydrogens is 258 g/mol. The Balaban J connectivity index is 1.72.